The molecule has 2 N–H and O–H groups in total. The van der Waals surface area contributed by atoms with E-state index in [0.717, 1.165) is 13.0 Å². The molecule has 0 radical (unpaired) electrons. The maximum atomic E-state index is 11.5. The van der Waals surface area contributed by atoms with Crippen molar-refractivity contribution in [3.05, 3.63) is 0 Å². The van der Waals surface area contributed by atoms with Crippen molar-refractivity contribution < 1.29 is 14.4 Å². The fraction of sp³-hybridized carbons (Fsp3) is 0.636. The summed E-state index contributed by atoms with van der Waals surface area (Å²) >= 11 is 0. The first kappa shape index (κ1) is 12.5. The van der Waals surface area contributed by atoms with Crippen LogP contribution in [0.3, 0.4) is 0 Å². The third kappa shape index (κ3) is 3.06. The van der Waals surface area contributed by atoms with Crippen molar-refractivity contribution in [1.82, 2.24) is 15.6 Å². The summed E-state index contributed by atoms with van der Waals surface area (Å²) in [4.78, 5) is 35.5. The lowest BCUT2D eigenvalue weighted by Gasteiger charge is -2.15. The van der Waals surface area contributed by atoms with Crippen molar-refractivity contribution in [2.24, 2.45) is 5.10 Å². The molecule has 0 saturated carbocycles. The van der Waals surface area contributed by atoms with Crippen LogP contribution in [0, 0.1) is 0 Å². The van der Waals surface area contributed by atoms with Crippen molar-refractivity contribution in [3.63, 3.8) is 0 Å². The topological polar surface area (TPSA) is 90.9 Å². The second kappa shape index (κ2) is 5.61. The Morgan fingerprint density at radius 2 is 2.28 bits per heavy atom. The average Bonchev–Trinajstić information content (AvgIpc) is 2.94. The van der Waals surface area contributed by atoms with Gasteiger partial charge in [-0.2, -0.15) is 5.10 Å². The Hall–Kier alpha value is -1.92. The second-order valence-electron chi connectivity index (χ2n) is 4.36. The summed E-state index contributed by atoms with van der Waals surface area (Å²) in [7, 11) is 0. The molecule has 0 unspecified atom stereocenters. The van der Waals surface area contributed by atoms with Gasteiger partial charge in [0.25, 0.3) is 5.91 Å². The summed E-state index contributed by atoms with van der Waals surface area (Å²) in [5.41, 5.74) is 2.45. The van der Waals surface area contributed by atoms with Gasteiger partial charge in [-0.3, -0.25) is 14.4 Å². The highest BCUT2D eigenvalue weighted by Gasteiger charge is 2.21. The number of likely N-dealkylation sites (tertiary alicyclic amines) is 1. The molecule has 0 spiro atoms. The van der Waals surface area contributed by atoms with E-state index in [4.69, 9.17) is 0 Å². The number of hydrogen-bond donors (Lipinski definition) is 2. The van der Waals surface area contributed by atoms with Gasteiger partial charge in [0.15, 0.2) is 0 Å². The fourth-order valence-electron chi connectivity index (χ4n) is 2.01. The first-order valence-corrected chi connectivity index (χ1v) is 6.08. The molecule has 18 heavy (non-hydrogen) atoms. The number of hydrogen-bond acceptors (Lipinski definition) is 4. The van der Waals surface area contributed by atoms with Crippen LogP contribution in [-0.4, -0.2) is 48.0 Å². The number of carbonyl (C=O) groups is 3. The van der Waals surface area contributed by atoms with E-state index in [1.54, 1.807) is 0 Å². The number of rotatable bonds is 5. The van der Waals surface area contributed by atoms with Crippen LogP contribution in [0.4, 0.5) is 0 Å². The molecule has 1 fully saturated rings. The first-order valence-electron chi connectivity index (χ1n) is 6.08. The highest BCUT2D eigenvalue weighted by molar-refractivity contribution is 6.43. The van der Waals surface area contributed by atoms with Crippen molar-refractivity contribution in [2.45, 2.75) is 25.7 Å². The monoisotopic (exact) mass is 252 g/mol. The standard InChI is InChI=1S/C11H16N4O3/c16-9-7-8(13-14-9)11(18)12-4-2-6-15-5-1-3-10(15)17/h1-7H2,(H,12,18)(H,14,16). The van der Waals surface area contributed by atoms with Gasteiger partial charge < -0.3 is 10.2 Å². The predicted octanol–water partition coefficient (Wildman–Crippen LogP) is -1.01. The van der Waals surface area contributed by atoms with Crippen molar-refractivity contribution in [3.8, 4) is 0 Å². The Kier molecular flexibility index (Phi) is 3.91. The zero-order valence-corrected chi connectivity index (χ0v) is 10.1. The average molecular weight is 252 g/mol. The van der Waals surface area contributed by atoms with Crippen molar-refractivity contribution >= 4 is 23.4 Å². The lowest BCUT2D eigenvalue weighted by atomic mass is 10.2. The quantitative estimate of drug-likeness (QED) is 0.614. The van der Waals surface area contributed by atoms with E-state index in [2.05, 4.69) is 15.8 Å². The zero-order chi connectivity index (χ0) is 13.0. The van der Waals surface area contributed by atoms with Gasteiger partial charge in [0, 0.05) is 26.1 Å². The van der Waals surface area contributed by atoms with E-state index in [9.17, 15) is 14.4 Å². The Morgan fingerprint density at radius 1 is 1.44 bits per heavy atom. The van der Waals surface area contributed by atoms with Crippen LogP contribution in [0.2, 0.25) is 0 Å². The summed E-state index contributed by atoms with van der Waals surface area (Å²) in [6.45, 7) is 1.97. The third-order valence-electron chi connectivity index (χ3n) is 2.97. The molecule has 2 rings (SSSR count). The lowest BCUT2D eigenvalue weighted by molar-refractivity contribution is -0.127. The van der Waals surface area contributed by atoms with E-state index in [-0.39, 0.29) is 29.9 Å². The van der Waals surface area contributed by atoms with Gasteiger partial charge in [-0.25, -0.2) is 5.43 Å². The molecule has 2 aliphatic heterocycles. The van der Waals surface area contributed by atoms with Gasteiger partial charge in [0.05, 0.1) is 6.42 Å². The molecule has 98 valence electrons. The minimum atomic E-state index is -0.318. The van der Waals surface area contributed by atoms with E-state index >= 15 is 0 Å². The predicted molar refractivity (Wildman–Crippen MR) is 63.6 cm³/mol. The summed E-state index contributed by atoms with van der Waals surface area (Å²) < 4.78 is 0. The van der Waals surface area contributed by atoms with Gasteiger partial charge in [-0.05, 0) is 12.8 Å². The molecule has 2 aliphatic rings. The molecule has 0 bridgehead atoms. The van der Waals surface area contributed by atoms with Crippen LogP contribution in [0.25, 0.3) is 0 Å². The maximum Gasteiger partial charge on any atom is 0.268 e. The van der Waals surface area contributed by atoms with Crippen LogP contribution in [0.5, 0.6) is 0 Å². The molecule has 1 saturated heterocycles. The Bertz CT molecular complexity index is 405. The third-order valence-corrected chi connectivity index (χ3v) is 2.97. The number of amides is 3. The Balaban J connectivity index is 1.62. The first-order chi connectivity index (χ1) is 8.66. The van der Waals surface area contributed by atoms with E-state index < -0.39 is 0 Å². The SMILES string of the molecule is O=C1CC(C(=O)NCCCN2CCCC2=O)=NN1. The summed E-state index contributed by atoms with van der Waals surface area (Å²) in [5.74, 6) is -0.389. The Morgan fingerprint density at radius 3 is 2.89 bits per heavy atom. The van der Waals surface area contributed by atoms with Gasteiger partial charge in [-0.15, -0.1) is 0 Å². The minimum Gasteiger partial charge on any atom is -0.351 e. The van der Waals surface area contributed by atoms with E-state index in [0.29, 0.717) is 25.9 Å². The number of nitrogens with zero attached hydrogens (tertiary/aromatic N) is 2. The molecule has 0 aromatic rings. The normalized spacial score (nSPS) is 18.9. The lowest BCUT2D eigenvalue weighted by Crippen LogP contribution is -2.34. The summed E-state index contributed by atoms with van der Waals surface area (Å²) in [5, 5.41) is 6.31. The van der Waals surface area contributed by atoms with Gasteiger partial charge in [0.1, 0.15) is 5.71 Å². The molecular weight excluding hydrogens is 236 g/mol. The van der Waals surface area contributed by atoms with Crippen LogP contribution in [0.15, 0.2) is 5.10 Å². The number of nitrogens with one attached hydrogen (secondary N) is 2. The molecule has 3 amide bonds. The molecule has 7 nitrogen and oxygen atoms in total. The molecular formula is C11H16N4O3. The van der Waals surface area contributed by atoms with E-state index in [1.165, 1.54) is 0 Å². The molecule has 0 aliphatic carbocycles. The zero-order valence-electron chi connectivity index (χ0n) is 10.1. The summed E-state index contributed by atoms with van der Waals surface area (Å²) in [6.07, 6.45) is 2.31. The molecule has 0 aromatic carbocycles. The highest BCUT2D eigenvalue weighted by Crippen LogP contribution is 2.09. The smallest absolute Gasteiger partial charge is 0.268 e. The minimum absolute atomic E-state index is 0.0381. The number of hydrazone groups is 1. The molecule has 0 atom stereocenters. The fourth-order valence-corrected chi connectivity index (χ4v) is 2.01. The van der Waals surface area contributed by atoms with Crippen molar-refractivity contribution in [1.29, 1.82) is 0 Å². The largest absolute Gasteiger partial charge is 0.351 e. The summed E-state index contributed by atoms with van der Waals surface area (Å²) in [6, 6.07) is 0. The molecule has 7 heteroatoms. The van der Waals surface area contributed by atoms with E-state index in [1.807, 2.05) is 4.90 Å². The second-order valence-corrected chi connectivity index (χ2v) is 4.36. The van der Waals surface area contributed by atoms with Gasteiger partial charge in [-0.1, -0.05) is 0 Å². The van der Waals surface area contributed by atoms with Crippen LogP contribution in [-0.2, 0) is 14.4 Å². The van der Waals surface area contributed by atoms with Crippen LogP contribution < -0.4 is 10.7 Å². The Labute approximate surface area is 105 Å². The van der Waals surface area contributed by atoms with Crippen LogP contribution >= 0.6 is 0 Å². The maximum absolute atomic E-state index is 11.5. The van der Waals surface area contributed by atoms with Crippen LogP contribution in [0.1, 0.15) is 25.7 Å². The van der Waals surface area contributed by atoms with Gasteiger partial charge in [0.2, 0.25) is 11.8 Å². The highest BCUT2D eigenvalue weighted by atomic mass is 16.2. The molecule has 2 heterocycles. The number of carbonyl (C=O) groups excluding carboxylic acids is 3. The molecule has 0 aromatic heterocycles. The van der Waals surface area contributed by atoms with Gasteiger partial charge >= 0.3 is 0 Å². The van der Waals surface area contributed by atoms with Crippen molar-refractivity contribution in [2.75, 3.05) is 19.6 Å².